The van der Waals surface area contributed by atoms with Crippen molar-refractivity contribution in [1.29, 1.82) is 0 Å². The number of aromatic carboxylic acids is 1. The van der Waals surface area contributed by atoms with Crippen LogP contribution in [-0.2, 0) is 15.6 Å². The van der Waals surface area contributed by atoms with Crippen molar-refractivity contribution in [3.8, 4) is 0 Å². The number of nitrogens with one attached hydrogen (secondary N) is 1. The summed E-state index contributed by atoms with van der Waals surface area (Å²) >= 11 is 0.885. The van der Waals surface area contributed by atoms with Crippen molar-refractivity contribution in [2.75, 3.05) is 12.3 Å². The summed E-state index contributed by atoms with van der Waals surface area (Å²) in [5, 5.41) is 11.4. The van der Waals surface area contributed by atoms with E-state index >= 15 is 0 Å². The summed E-state index contributed by atoms with van der Waals surface area (Å²) < 4.78 is 24.0. The Kier molecular flexibility index (Phi) is 6.10. The van der Waals surface area contributed by atoms with E-state index in [0.29, 0.717) is 11.3 Å². The van der Waals surface area contributed by atoms with Gasteiger partial charge >= 0.3 is 5.97 Å². The van der Waals surface area contributed by atoms with Crippen LogP contribution in [0.3, 0.4) is 0 Å². The first kappa shape index (κ1) is 18.2. The van der Waals surface area contributed by atoms with Gasteiger partial charge in [0.2, 0.25) is 0 Å². The fourth-order valence-corrected chi connectivity index (χ4v) is 4.25. The summed E-state index contributed by atoms with van der Waals surface area (Å²) in [5.41, 5.74) is 0.737. The van der Waals surface area contributed by atoms with Crippen LogP contribution in [0.15, 0.2) is 42.5 Å². The predicted octanol–water partition coefficient (Wildman–Crippen LogP) is 2.18. The fourth-order valence-electron chi connectivity index (χ4n) is 2.06. The molecule has 0 aliphatic rings. The largest absolute Gasteiger partial charge is 0.477 e. The van der Waals surface area contributed by atoms with Crippen molar-refractivity contribution in [3.05, 3.63) is 57.8 Å². The molecule has 0 unspecified atom stereocenters. The highest BCUT2D eigenvalue weighted by Gasteiger charge is 2.14. The van der Waals surface area contributed by atoms with Gasteiger partial charge in [-0.2, -0.15) is 0 Å². The van der Waals surface area contributed by atoms with Crippen molar-refractivity contribution >= 4 is 33.1 Å². The van der Waals surface area contributed by atoms with E-state index in [1.165, 1.54) is 12.1 Å². The maximum Gasteiger partial charge on any atom is 0.345 e. The number of benzene rings is 1. The predicted molar refractivity (Wildman–Crippen MR) is 92.2 cm³/mol. The summed E-state index contributed by atoms with van der Waals surface area (Å²) in [6, 6.07) is 11.7. The van der Waals surface area contributed by atoms with E-state index in [4.69, 9.17) is 5.11 Å². The minimum absolute atomic E-state index is 0.0192. The highest BCUT2D eigenvalue weighted by atomic mass is 32.2. The molecule has 0 saturated carbocycles. The molecule has 1 heterocycles. The fraction of sp³-hybridized carbons (Fsp3) is 0.250. The molecule has 0 radical (unpaired) electrons. The third-order valence-corrected chi connectivity index (χ3v) is 5.94. The molecule has 0 aliphatic carbocycles. The zero-order valence-corrected chi connectivity index (χ0v) is 14.4. The molecule has 0 fully saturated rings. The number of carbonyl (C=O) groups is 2. The number of carbonyl (C=O) groups excluding carboxylic acids is 1. The van der Waals surface area contributed by atoms with E-state index < -0.39 is 21.7 Å². The molecule has 24 heavy (non-hydrogen) atoms. The van der Waals surface area contributed by atoms with Crippen molar-refractivity contribution in [2.45, 2.75) is 12.2 Å². The lowest BCUT2D eigenvalue weighted by atomic mass is 10.2. The van der Waals surface area contributed by atoms with Gasteiger partial charge in [0.05, 0.1) is 16.4 Å². The molecule has 1 amide bonds. The lowest BCUT2D eigenvalue weighted by molar-refractivity contribution is 0.0702. The number of hydrogen-bond acceptors (Lipinski definition) is 5. The molecule has 1 aromatic carbocycles. The van der Waals surface area contributed by atoms with Crippen LogP contribution in [0.5, 0.6) is 0 Å². The number of amides is 1. The van der Waals surface area contributed by atoms with E-state index in [9.17, 15) is 18.0 Å². The molecular weight excluding hydrogens is 350 g/mol. The zero-order chi connectivity index (χ0) is 17.6. The Labute approximate surface area is 144 Å². The monoisotopic (exact) mass is 367 g/mol. The topological polar surface area (TPSA) is 101 Å². The normalized spacial score (nSPS) is 11.2. The number of rotatable bonds is 8. The maximum atomic E-state index is 12.0. The molecule has 2 aromatic rings. The Balaban J connectivity index is 1.77. The van der Waals surface area contributed by atoms with Crippen molar-refractivity contribution < 1.29 is 23.1 Å². The lowest BCUT2D eigenvalue weighted by Crippen LogP contribution is -2.25. The second-order valence-corrected chi connectivity index (χ2v) is 8.42. The lowest BCUT2D eigenvalue weighted by Gasteiger charge is -2.06. The number of carboxylic acids is 1. The van der Waals surface area contributed by atoms with Crippen LogP contribution in [0.25, 0.3) is 0 Å². The van der Waals surface area contributed by atoms with E-state index in [1.54, 1.807) is 24.3 Å². The van der Waals surface area contributed by atoms with Crippen LogP contribution in [0.4, 0.5) is 0 Å². The molecule has 1 aromatic heterocycles. The van der Waals surface area contributed by atoms with E-state index in [-0.39, 0.29) is 22.9 Å². The molecule has 2 N–H and O–H groups in total. The Hall–Kier alpha value is -2.19. The second-order valence-electron chi connectivity index (χ2n) is 5.16. The van der Waals surface area contributed by atoms with Crippen LogP contribution in [-0.4, -0.2) is 37.7 Å². The molecule has 128 valence electrons. The summed E-state index contributed by atoms with van der Waals surface area (Å²) in [7, 11) is -3.23. The molecule has 0 spiro atoms. The molecule has 0 bridgehead atoms. The van der Waals surface area contributed by atoms with Crippen LogP contribution in [0, 0.1) is 0 Å². The molecule has 0 aliphatic heterocycles. The standard InChI is InChI=1S/C16H17NO5S2/c18-15(13-7-8-14(23-13)16(19)20)17-9-4-10-24(21,22)11-12-5-2-1-3-6-12/h1-3,5-8H,4,9-11H2,(H,17,18)(H,19,20). The molecule has 8 heteroatoms. The SMILES string of the molecule is O=C(O)c1ccc(C(=O)NCCCS(=O)(=O)Cc2ccccc2)s1. The Morgan fingerprint density at radius 1 is 1.04 bits per heavy atom. The Morgan fingerprint density at radius 2 is 1.71 bits per heavy atom. The van der Waals surface area contributed by atoms with Crippen LogP contribution in [0.1, 0.15) is 31.3 Å². The van der Waals surface area contributed by atoms with Gasteiger partial charge < -0.3 is 10.4 Å². The number of thiophene rings is 1. The van der Waals surface area contributed by atoms with Gasteiger partial charge in [0.25, 0.3) is 5.91 Å². The van der Waals surface area contributed by atoms with Crippen LogP contribution < -0.4 is 5.32 Å². The number of carboxylic acid groups (broad SMARTS) is 1. The van der Waals surface area contributed by atoms with Gasteiger partial charge in [0.15, 0.2) is 9.84 Å². The van der Waals surface area contributed by atoms with Crippen molar-refractivity contribution in [1.82, 2.24) is 5.32 Å². The van der Waals surface area contributed by atoms with Gasteiger partial charge in [-0.25, -0.2) is 13.2 Å². The van der Waals surface area contributed by atoms with Gasteiger partial charge in [-0.05, 0) is 24.1 Å². The third kappa shape index (κ3) is 5.47. The molecule has 0 atom stereocenters. The number of sulfone groups is 1. The summed E-state index contributed by atoms with van der Waals surface area (Å²) in [4.78, 5) is 23.0. The zero-order valence-electron chi connectivity index (χ0n) is 12.8. The molecule has 2 rings (SSSR count). The van der Waals surface area contributed by atoms with E-state index in [2.05, 4.69) is 5.32 Å². The van der Waals surface area contributed by atoms with E-state index in [0.717, 1.165) is 16.9 Å². The van der Waals surface area contributed by atoms with Gasteiger partial charge in [0.1, 0.15) is 4.88 Å². The van der Waals surface area contributed by atoms with Crippen LogP contribution >= 0.6 is 11.3 Å². The van der Waals surface area contributed by atoms with E-state index in [1.807, 2.05) is 6.07 Å². The second kappa shape index (κ2) is 8.07. The van der Waals surface area contributed by atoms with Gasteiger partial charge in [-0.3, -0.25) is 4.79 Å². The first-order chi connectivity index (χ1) is 11.4. The summed E-state index contributed by atoms with van der Waals surface area (Å²) in [6.07, 6.45) is 0.304. The highest BCUT2D eigenvalue weighted by molar-refractivity contribution is 7.90. The Bertz CT molecular complexity index is 812. The van der Waals surface area contributed by atoms with Gasteiger partial charge in [0, 0.05) is 6.54 Å². The van der Waals surface area contributed by atoms with Crippen LogP contribution in [0.2, 0.25) is 0 Å². The quantitative estimate of drug-likeness (QED) is 0.697. The Morgan fingerprint density at radius 3 is 2.33 bits per heavy atom. The average Bonchev–Trinajstić information content (AvgIpc) is 3.02. The van der Waals surface area contributed by atoms with Crippen molar-refractivity contribution in [2.24, 2.45) is 0 Å². The minimum Gasteiger partial charge on any atom is -0.477 e. The molecule has 6 nitrogen and oxygen atoms in total. The first-order valence-electron chi connectivity index (χ1n) is 7.23. The summed E-state index contributed by atoms with van der Waals surface area (Å²) in [6.45, 7) is 0.215. The molecular formula is C16H17NO5S2. The van der Waals surface area contributed by atoms with Gasteiger partial charge in [-0.15, -0.1) is 11.3 Å². The summed E-state index contributed by atoms with van der Waals surface area (Å²) in [5.74, 6) is -1.51. The van der Waals surface area contributed by atoms with Gasteiger partial charge in [-0.1, -0.05) is 30.3 Å². The first-order valence-corrected chi connectivity index (χ1v) is 9.87. The average molecular weight is 367 g/mol. The highest BCUT2D eigenvalue weighted by Crippen LogP contribution is 2.16. The van der Waals surface area contributed by atoms with Crippen molar-refractivity contribution in [3.63, 3.8) is 0 Å². The number of hydrogen-bond donors (Lipinski definition) is 2. The third-order valence-electron chi connectivity index (χ3n) is 3.19. The maximum absolute atomic E-state index is 12.0. The smallest absolute Gasteiger partial charge is 0.345 e. The molecule has 0 saturated heterocycles. The minimum atomic E-state index is -3.23.